The molecule has 1 fully saturated rings. The van der Waals surface area contributed by atoms with Crippen LogP contribution < -0.4 is 5.32 Å². The molecule has 1 N–H and O–H groups in total. The molecule has 0 saturated carbocycles. The van der Waals surface area contributed by atoms with Crippen LogP contribution in [0.25, 0.3) is 43.1 Å². The van der Waals surface area contributed by atoms with Crippen LogP contribution >= 0.6 is 46.4 Å². The molecule has 3 heterocycles. The number of carbonyl (C=O) groups excluding carboxylic acids is 6. The van der Waals surface area contributed by atoms with E-state index in [2.05, 4.69) is 17.0 Å². The van der Waals surface area contributed by atoms with Crippen molar-refractivity contribution in [2.24, 2.45) is 0 Å². The summed E-state index contributed by atoms with van der Waals surface area (Å²) in [4.78, 5) is 81.6. The highest BCUT2D eigenvalue weighted by Gasteiger charge is 2.39. The van der Waals surface area contributed by atoms with Gasteiger partial charge in [0, 0.05) is 76.3 Å². The Labute approximate surface area is 322 Å². The van der Waals surface area contributed by atoms with E-state index < -0.39 is 41.7 Å². The van der Waals surface area contributed by atoms with Crippen molar-refractivity contribution in [1.29, 1.82) is 0 Å². The summed E-state index contributed by atoms with van der Waals surface area (Å²) < 4.78 is 4.52. The summed E-state index contributed by atoms with van der Waals surface area (Å²) in [5.74, 6) is -2.69. The molecule has 3 aliphatic heterocycles. The van der Waals surface area contributed by atoms with E-state index in [-0.39, 0.29) is 61.9 Å². The van der Waals surface area contributed by atoms with Crippen LogP contribution in [0.15, 0.2) is 24.3 Å². The Morgan fingerprint density at radius 3 is 1.28 bits per heavy atom. The number of ether oxygens (including phenoxy) is 1. The summed E-state index contributed by atoms with van der Waals surface area (Å²) in [6, 6.07) is 5.33. The Kier molecular flexibility index (Phi) is 9.16. The quantitative estimate of drug-likeness (QED) is 0.0332. The zero-order chi connectivity index (χ0) is 37.5. The highest BCUT2D eigenvalue weighted by Crippen LogP contribution is 2.53. The number of hydrogen-bond acceptors (Lipinski definition) is 7. The molecular weight excluding hydrogens is 764 g/mol. The molecule has 5 amide bonds. The number of nitrogens with zero attached hydrogens (tertiary/aromatic N) is 2. The highest BCUT2D eigenvalue weighted by atomic mass is 35.5. The Balaban J connectivity index is 1.23. The van der Waals surface area contributed by atoms with Gasteiger partial charge in [-0.25, -0.2) is 9.59 Å². The first kappa shape index (κ1) is 35.8. The van der Waals surface area contributed by atoms with Gasteiger partial charge in [0.25, 0.3) is 23.6 Å². The number of cyclic esters (lactones) is 2. The first-order valence-electron chi connectivity index (χ1n) is 17.7. The lowest BCUT2D eigenvalue weighted by molar-refractivity contribution is -0.135. The van der Waals surface area contributed by atoms with Crippen LogP contribution in [0.5, 0.6) is 0 Å². The number of amides is 5. The number of benzene rings is 5. The van der Waals surface area contributed by atoms with Crippen LogP contribution in [0.2, 0.25) is 20.1 Å². The largest absolute Gasteiger partial charge is 0.415 e. The summed E-state index contributed by atoms with van der Waals surface area (Å²) in [6.07, 6.45) is 6.20. The lowest BCUT2D eigenvalue weighted by Gasteiger charge is -2.31. The number of esters is 1. The number of halogens is 4. The molecule has 0 spiro atoms. The maximum atomic E-state index is 14.0. The van der Waals surface area contributed by atoms with Gasteiger partial charge in [-0.2, -0.15) is 0 Å². The number of carbonyl (C=O) groups is 6. The molecule has 0 aromatic heterocycles. The fraction of sp³-hybridized carbons (Fsp3) is 0.333. The smallest absolute Gasteiger partial charge is 0.375 e. The van der Waals surface area contributed by atoms with E-state index in [0.717, 1.165) is 37.0 Å². The average molecular weight is 796 g/mol. The second-order valence-electron chi connectivity index (χ2n) is 13.8. The molecule has 0 radical (unpaired) electrons. The Morgan fingerprint density at radius 1 is 0.528 bits per heavy atom. The number of imide groups is 2. The zero-order valence-corrected chi connectivity index (χ0v) is 31.5. The molecule has 5 aromatic carbocycles. The number of hydrogen-bond donors (Lipinski definition) is 1. The van der Waals surface area contributed by atoms with Crippen molar-refractivity contribution in [3.05, 3.63) is 66.6 Å². The molecule has 272 valence electrons. The number of nitrogens with one attached hydrogen (secondary N) is 1. The molecule has 1 saturated heterocycles. The summed E-state index contributed by atoms with van der Waals surface area (Å²) in [7, 11) is 0. The molecular formula is C39H31Cl4N3O7. The van der Waals surface area contributed by atoms with Crippen LogP contribution in [0.1, 0.15) is 106 Å². The lowest BCUT2D eigenvalue weighted by atomic mass is 9.82. The number of fused-ring (bicyclic) bond motifs is 2. The first-order valence-corrected chi connectivity index (χ1v) is 19.2. The van der Waals surface area contributed by atoms with E-state index >= 15 is 0 Å². The molecule has 8 rings (SSSR count). The molecule has 1 atom stereocenters. The number of alkyl carbamates (subject to hydrolysis) is 1. The molecule has 1 unspecified atom stereocenters. The Bertz CT molecular complexity index is 2370. The minimum absolute atomic E-state index is 0.0380. The third-order valence-corrected chi connectivity index (χ3v) is 11.8. The molecule has 10 nitrogen and oxygen atoms in total. The van der Waals surface area contributed by atoms with Gasteiger partial charge in [-0.1, -0.05) is 85.4 Å². The van der Waals surface area contributed by atoms with E-state index in [9.17, 15) is 28.8 Å². The maximum Gasteiger partial charge on any atom is 0.415 e. The Hall–Kier alpha value is -4.22. The minimum Gasteiger partial charge on any atom is -0.375 e. The van der Waals surface area contributed by atoms with Crippen molar-refractivity contribution in [2.45, 2.75) is 70.8 Å². The third-order valence-electron chi connectivity index (χ3n) is 10.6. The van der Waals surface area contributed by atoms with E-state index in [4.69, 9.17) is 46.4 Å². The fourth-order valence-corrected chi connectivity index (χ4v) is 9.41. The van der Waals surface area contributed by atoms with Gasteiger partial charge in [-0.3, -0.25) is 29.0 Å². The summed E-state index contributed by atoms with van der Waals surface area (Å²) >= 11 is 28.3. The van der Waals surface area contributed by atoms with Crippen molar-refractivity contribution in [3.63, 3.8) is 0 Å². The van der Waals surface area contributed by atoms with E-state index in [0.29, 0.717) is 62.4 Å². The topological polar surface area (TPSA) is 130 Å². The molecule has 3 aliphatic rings. The van der Waals surface area contributed by atoms with Crippen molar-refractivity contribution >= 4 is 125 Å². The van der Waals surface area contributed by atoms with Crippen molar-refractivity contribution in [1.82, 2.24) is 15.1 Å². The zero-order valence-electron chi connectivity index (χ0n) is 28.4. The standard InChI is InChI=1S/C39H31Cl4N3O7/c1-2-3-4-5-6-8-11-45-34(47)17-13-21(40)28-30-23(42)15-19-27-20(37(50)46(36(19)49)12-9-7-10-25-38(51)53-39(52)44-25)16-24(43)31(33(27)30)29-22(41)14-18(35(45)48)26(17)32(28)29/h13-16,25H,2-12H2,1H3,(H,44,52). The van der Waals surface area contributed by atoms with Gasteiger partial charge in [-0.15, -0.1) is 0 Å². The van der Waals surface area contributed by atoms with Gasteiger partial charge in [0.15, 0.2) is 0 Å². The van der Waals surface area contributed by atoms with E-state index in [1.807, 2.05) is 0 Å². The minimum atomic E-state index is -0.801. The summed E-state index contributed by atoms with van der Waals surface area (Å²) in [6.45, 7) is 2.45. The van der Waals surface area contributed by atoms with Gasteiger partial charge >= 0.3 is 12.1 Å². The van der Waals surface area contributed by atoms with Gasteiger partial charge in [0.05, 0.1) is 22.3 Å². The van der Waals surface area contributed by atoms with Gasteiger partial charge < -0.3 is 10.1 Å². The molecule has 5 aromatic rings. The van der Waals surface area contributed by atoms with Crippen LogP contribution in [0, 0.1) is 0 Å². The number of unbranched alkanes of at least 4 members (excludes halogenated alkanes) is 6. The van der Waals surface area contributed by atoms with Gasteiger partial charge in [-0.05, 0) is 49.9 Å². The monoisotopic (exact) mass is 793 g/mol. The first-order chi connectivity index (χ1) is 25.4. The van der Waals surface area contributed by atoms with Crippen LogP contribution in [-0.4, -0.2) is 64.6 Å². The van der Waals surface area contributed by atoms with E-state index in [1.54, 1.807) is 12.1 Å². The molecule has 0 aliphatic carbocycles. The van der Waals surface area contributed by atoms with Crippen molar-refractivity contribution in [3.8, 4) is 0 Å². The summed E-state index contributed by atoms with van der Waals surface area (Å²) in [5, 5.41) is 6.40. The maximum absolute atomic E-state index is 14.0. The van der Waals surface area contributed by atoms with Crippen LogP contribution in [0.4, 0.5) is 4.79 Å². The van der Waals surface area contributed by atoms with E-state index in [1.165, 1.54) is 17.0 Å². The molecule has 53 heavy (non-hydrogen) atoms. The van der Waals surface area contributed by atoms with Gasteiger partial charge in [0.2, 0.25) is 0 Å². The highest BCUT2D eigenvalue weighted by molar-refractivity contribution is 6.56. The predicted octanol–water partition coefficient (Wildman–Crippen LogP) is 9.71. The summed E-state index contributed by atoms with van der Waals surface area (Å²) in [5.41, 5.74) is 0.901. The second kappa shape index (κ2) is 13.6. The normalized spacial score (nSPS) is 17.1. The number of rotatable bonds is 12. The lowest BCUT2D eigenvalue weighted by Crippen LogP contribution is -2.41. The van der Waals surface area contributed by atoms with Crippen LogP contribution in [-0.2, 0) is 9.53 Å². The fourth-order valence-electron chi connectivity index (χ4n) is 8.22. The van der Waals surface area contributed by atoms with Gasteiger partial charge in [0.1, 0.15) is 6.04 Å². The average Bonchev–Trinajstić information content (AvgIpc) is 3.45. The SMILES string of the molecule is CCCCCCCCN1C(=O)c2cc(Cl)c3c4c(Cl)cc5c6c(cc(Cl)c(c7c(Cl)cc(c2c37)C1=O)c64)C(=O)N(CCCCC1NC(=O)OC1=O)C5=O. The molecule has 0 bridgehead atoms. The van der Waals surface area contributed by atoms with Crippen molar-refractivity contribution in [2.75, 3.05) is 13.1 Å². The third kappa shape index (κ3) is 5.51. The van der Waals surface area contributed by atoms with Crippen LogP contribution in [0.3, 0.4) is 0 Å². The molecule has 14 heteroatoms. The second-order valence-corrected chi connectivity index (χ2v) is 15.4. The Morgan fingerprint density at radius 2 is 0.906 bits per heavy atom. The van der Waals surface area contributed by atoms with Crippen molar-refractivity contribution < 1.29 is 33.5 Å². The predicted molar refractivity (Wildman–Crippen MR) is 204 cm³/mol.